The SMILES string of the molecule is CC1CN(Cc2ccc(C(=O)O)cc2Br)CCS1. The summed E-state index contributed by atoms with van der Waals surface area (Å²) in [5, 5.41) is 9.60. The van der Waals surface area contributed by atoms with Gasteiger partial charge in [0.15, 0.2) is 0 Å². The van der Waals surface area contributed by atoms with E-state index in [1.54, 1.807) is 12.1 Å². The van der Waals surface area contributed by atoms with E-state index >= 15 is 0 Å². The quantitative estimate of drug-likeness (QED) is 0.925. The number of carboxylic acids is 1. The minimum atomic E-state index is -0.884. The first-order valence-electron chi connectivity index (χ1n) is 5.92. The molecule has 5 heteroatoms. The Bertz CT molecular complexity index is 453. The Morgan fingerprint density at radius 2 is 2.39 bits per heavy atom. The lowest BCUT2D eigenvalue weighted by Crippen LogP contribution is -2.36. The molecule has 1 atom stereocenters. The van der Waals surface area contributed by atoms with E-state index in [1.165, 1.54) is 5.75 Å². The van der Waals surface area contributed by atoms with Gasteiger partial charge < -0.3 is 5.11 Å². The summed E-state index contributed by atoms with van der Waals surface area (Å²) in [6, 6.07) is 5.25. The molecule has 0 amide bonds. The zero-order chi connectivity index (χ0) is 13.1. The summed E-state index contributed by atoms with van der Waals surface area (Å²) in [5.41, 5.74) is 1.48. The number of rotatable bonds is 3. The van der Waals surface area contributed by atoms with Crippen LogP contribution in [0, 0.1) is 0 Å². The van der Waals surface area contributed by atoms with Gasteiger partial charge in [0.25, 0.3) is 0 Å². The van der Waals surface area contributed by atoms with Gasteiger partial charge in [0.05, 0.1) is 5.56 Å². The number of hydrogen-bond donors (Lipinski definition) is 1. The maximum Gasteiger partial charge on any atom is 0.335 e. The zero-order valence-electron chi connectivity index (χ0n) is 10.2. The van der Waals surface area contributed by atoms with Gasteiger partial charge in [-0.05, 0) is 17.7 Å². The molecule has 1 aromatic rings. The first-order chi connectivity index (χ1) is 8.56. The number of hydrogen-bond acceptors (Lipinski definition) is 3. The van der Waals surface area contributed by atoms with Crippen molar-refractivity contribution >= 4 is 33.7 Å². The van der Waals surface area contributed by atoms with Crippen LogP contribution in [0.5, 0.6) is 0 Å². The van der Waals surface area contributed by atoms with Crippen molar-refractivity contribution in [3.8, 4) is 0 Å². The minimum Gasteiger partial charge on any atom is -0.478 e. The van der Waals surface area contributed by atoms with Crippen LogP contribution in [0.15, 0.2) is 22.7 Å². The van der Waals surface area contributed by atoms with Gasteiger partial charge in [-0.15, -0.1) is 0 Å². The van der Waals surface area contributed by atoms with E-state index in [1.807, 2.05) is 17.8 Å². The molecule has 0 aliphatic carbocycles. The number of carbonyl (C=O) groups is 1. The highest BCUT2D eigenvalue weighted by atomic mass is 79.9. The van der Waals surface area contributed by atoms with E-state index in [0.717, 1.165) is 29.7 Å². The Balaban J connectivity index is 2.07. The van der Waals surface area contributed by atoms with E-state index in [2.05, 4.69) is 27.8 Å². The van der Waals surface area contributed by atoms with Crippen LogP contribution in [0.4, 0.5) is 0 Å². The second-order valence-corrected chi connectivity index (χ2v) is 6.93. The van der Waals surface area contributed by atoms with Gasteiger partial charge in [-0.1, -0.05) is 28.9 Å². The summed E-state index contributed by atoms with van der Waals surface area (Å²) < 4.78 is 0.883. The Labute approximate surface area is 120 Å². The molecule has 3 nitrogen and oxygen atoms in total. The summed E-state index contributed by atoms with van der Waals surface area (Å²) >= 11 is 5.47. The van der Waals surface area contributed by atoms with E-state index in [0.29, 0.717) is 10.8 Å². The van der Waals surface area contributed by atoms with Crippen LogP contribution in [0.25, 0.3) is 0 Å². The van der Waals surface area contributed by atoms with Crippen molar-refractivity contribution in [1.82, 2.24) is 4.90 Å². The number of thioether (sulfide) groups is 1. The highest BCUT2D eigenvalue weighted by molar-refractivity contribution is 9.10. The number of halogens is 1. The standard InChI is InChI=1S/C13H16BrNO2S/c1-9-7-15(4-5-18-9)8-11-3-2-10(13(16)17)6-12(11)14/h2-3,6,9H,4-5,7-8H2,1H3,(H,16,17). The molecule has 1 saturated heterocycles. The predicted molar refractivity (Wildman–Crippen MR) is 78.3 cm³/mol. The van der Waals surface area contributed by atoms with Gasteiger partial charge in [-0.2, -0.15) is 11.8 Å². The maximum atomic E-state index is 10.9. The lowest BCUT2D eigenvalue weighted by atomic mass is 10.1. The Morgan fingerprint density at radius 1 is 1.61 bits per heavy atom. The van der Waals surface area contributed by atoms with Crippen molar-refractivity contribution < 1.29 is 9.90 Å². The van der Waals surface area contributed by atoms with E-state index in [9.17, 15) is 4.79 Å². The molecule has 0 bridgehead atoms. The molecule has 1 fully saturated rings. The Morgan fingerprint density at radius 3 is 3.00 bits per heavy atom. The van der Waals surface area contributed by atoms with Crippen molar-refractivity contribution in [3.63, 3.8) is 0 Å². The van der Waals surface area contributed by atoms with Gasteiger partial charge in [0, 0.05) is 35.1 Å². The summed E-state index contributed by atoms with van der Waals surface area (Å²) in [4.78, 5) is 13.3. The normalized spacial score (nSPS) is 20.9. The fourth-order valence-corrected chi connectivity index (χ4v) is 3.67. The minimum absolute atomic E-state index is 0.327. The van der Waals surface area contributed by atoms with Gasteiger partial charge in [-0.3, -0.25) is 4.90 Å². The van der Waals surface area contributed by atoms with Crippen molar-refractivity contribution in [2.45, 2.75) is 18.7 Å². The summed E-state index contributed by atoms with van der Waals surface area (Å²) in [5.74, 6) is 0.289. The summed E-state index contributed by atoms with van der Waals surface area (Å²) in [7, 11) is 0. The molecular formula is C13H16BrNO2S. The fourth-order valence-electron chi connectivity index (χ4n) is 2.08. The highest BCUT2D eigenvalue weighted by Gasteiger charge is 2.17. The number of aromatic carboxylic acids is 1. The van der Waals surface area contributed by atoms with Gasteiger partial charge in [0.2, 0.25) is 0 Å². The van der Waals surface area contributed by atoms with Gasteiger partial charge in [-0.25, -0.2) is 4.79 Å². The second kappa shape index (κ2) is 6.08. The molecule has 2 rings (SSSR count). The van der Waals surface area contributed by atoms with Crippen molar-refractivity contribution in [3.05, 3.63) is 33.8 Å². The average molecular weight is 330 g/mol. The molecule has 1 N–H and O–H groups in total. The third kappa shape index (κ3) is 3.49. The third-order valence-electron chi connectivity index (χ3n) is 3.02. The molecule has 0 aromatic heterocycles. The first kappa shape index (κ1) is 13.9. The molecule has 18 heavy (non-hydrogen) atoms. The molecular weight excluding hydrogens is 314 g/mol. The summed E-state index contributed by atoms with van der Waals surface area (Å²) in [6.45, 7) is 5.32. The highest BCUT2D eigenvalue weighted by Crippen LogP contribution is 2.24. The van der Waals surface area contributed by atoms with Crippen LogP contribution in [0.3, 0.4) is 0 Å². The Hall–Kier alpha value is -0.520. The van der Waals surface area contributed by atoms with Crippen LogP contribution in [0.2, 0.25) is 0 Å². The lowest BCUT2D eigenvalue weighted by molar-refractivity contribution is 0.0697. The van der Waals surface area contributed by atoms with Crippen LogP contribution >= 0.6 is 27.7 Å². The van der Waals surface area contributed by atoms with E-state index in [4.69, 9.17) is 5.11 Å². The van der Waals surface area contributed by atoms with Crippen LogP contribution in [-0.4, -0.2) is 40.1 Å². The maximum absolute atomic E-state index is 10.9. The molecule has 1 aliphatic rings. The van der Waals surface area contributed by atoms with Gasteiger partial charge >= 0.3 is 5.97 Å². The topological polar surface area (TPSA) is 40.5 Å². The molecule has 98 valence electrons. The predicted octanol–water partition coefficient (Wildman–Crippen LogP) is 3.08. The number of carboxylic acid groups (broad SMARTS) is 1. The van der Waals surface area contributed by atoms with Crippen LogP contribution in [0.1, 0.15) is 22.8 Å². The first-order valence-corrected chi connectivity index (χ1v) is 7.76. The van der Waals surface area contributed by atoms with Crippen molar-refractivity contribution in [1.29, 1.82) is 0 Å². The van der Waals surface area contributed by atoms with Crippen molar-refractivity contribution in [2.75, 3.05) is 18.8 Å². The van der Waals surface area contributed by atoms with Gasteiger partial charge in [0.1, 0.15) is 0 Å². The Kier molecular flexibility index (Phi) is 4.70. The molecule has 1 heterocycles. The van der Waals surface area contributed by atoms with Crippen molar-refractivity contribution in [2.24, 2.45) is 0 Å². The molecule has 0 radical (unpaired) electrons. The fraction of sp³-hybridized carbons (Fsp3) is 0.462. The zero-order valence-corrected chi connectivity index (χ0v) is 12.6. The largest absolute Gasteiger partial charge is 0.478 e. The average Bonchev–Trinajstić information content (AvgIpc) is 2.31. The van der Waals surface area contributed by atoms with Crippen LogP contribution < -0.4 is 0 Å². The van der Waals surface area contributed by atoms with Crippen LogP contribution in [-0.2, 0) is 6.54 Å². The molecule has 1 aromatic carbocycles. The number of nitrogens with zero attached hydrogens (tertiary/aromatic N) is 1. The molecule has 1 unspecified atom stereocenters. The second-order valence-electron chi connectivity index (χ2n) is 4.53. The molecule has 0 spiro atoms. The molecule has 1 aliphatic heterocycles. The molecule has 0 saturated carbocycles. The lowest BCUT2D eigenvalue weighted by Gasteiger charge is -2.30. The van der Waals surface area contributed by atoms with E-state index in [-0.39, 0.29) is 0 Å². The monoisotopic (exact) mass is 329 g/mol. The smallest absolute Gasteiger partial charge is 0.335 e. The summed E-state index contributed by atoms with van der Waals surface area (Å²) in [6.07, 6.45) is 0. The van der Waals surface area contributed by atoms with E-state index < -0.39 is 5.97 Å². The number of benzene rings is 1. The third-order valence-corrected chi connectivity index (χ3v) is 4.89.